The van der Waals surface area contributed by atoms with Crippen molar-refractivity contribution in [1.82, 2.24) is 25.1 Å². The van der Waals surface area contributed by atoms with Crippen molar-refractivity contribution in [2.75, 3.05) is 24.5 Å². The standard InChI is InChI=1S/C17H19N7O/c18-9-12-3-7-24(8-4-12)16-14(10-20-11-21-16)17-22-15(23-25-17)13-1-5-19-6-2-13/h1-2,5-6,10-12H,3-4,7-9,18H2. The van der Waals surface area contributed by atoms with E-state index in [1.807, 2.05) is 12.1 Å². The molecule has 0 amide bonds. The van der Waals surface area contributed by atoms with Crippen LogP contribution in [0.2, 0.25) is 0 Å². The Labute approximate surface area is 145 Å². The second kappa shape index (κ2) is 6.94. The molecule has 1 saturated heterocycles. The second-order valence-electron chi connectivity index (χ2n) is 6.09. The van der Waals surface area contributed by atoms with Gasteiger partial charge in [0.1, 0.15) is 17.7 Å². The van der Waals surface area contributed by atoms with Gasteiger partial charge in [-0.15, -0.1) is 0 Å². The summed E-state index contributed by atoms with van der Waals surface area (Å²) in [7, 11) is 0. The van der Waals surface area contributed by atoms with E-state index in [1.54, 1.807) is 24.9 Å². The zero-order valence-corrected chi connectivity index (χ0v) is 13.7. The highest BCUT2D eigenvalue weighted by Crippen LogP contribution is 2.30. The molecule has 8 nitrogen and oxygen atoms in total. The van der Waals surface area contributed by atoms with Crippen molar-refractivity contribution in [3.8, 4) is 22.8 Å². The Bertz CT molecular complexity index is 828. The summed E-state index contributed by atoms with van der Waals surface area (Å²) in [5, 5.41) is 4.07. The molecule has 1 aliphatic rings. The van der Waals surface area contributed by atoms with Gasteiger partial charge in [-0.1, -0.05) is 5.16 Å². The normalized spacial score (nSPS) is 15.5. The lowest BCUT2D eigenvalue weighted by Gasteiger charge is -2.32. The van der Waals surface area contributed by atoms with Crippen LogP contribution in [0.5, 0.6) is 0 Å². The van der Waals surface area contributed by atoms with Crippen molar-refractivity contribution in [3.05, 3.63) is 37.1 Å². The Morgan fingerprint density at radius 1 is 1.16 bits per heavy atom. The molecule has 0 aromatic carbocycles. The minimum atomic E-state index is 0.420. The van der Waals surface area contributed by atoms with Crippen LogP contribution in [-0.4, -0.2) is 44.7 Å². The van der Waals surface area contributed by atoms with Crippen LogP contribution < -0.4 is 10.6 Å². The number of pyridine rings is 1. The first-order valence-corrected chi connectivity index (χ1v) is 8.34. The summed E-state index contributed by atoms with van der Waals surface area (Å²) in [6, 6.07) is 3.68. The number of nitrogens with zero attached hydrogens (tertiary/aromatic N) is 6. The third-order valence-corrected chi connectivity index (χ3v) is 4.53. The van der Waals surface area contributed by atoms with Crippen molar-refractivity contribution >= 4 is 5.82 Å². The summed E-state index contributed by atoms with van der Waals surface area (Å²) >= 11 is 0. The van der Waals surface area contributed by atoms with Crippen LogP contribution >= 0.6 is 0 Å². The van der Waals surface area contributed by atoms with Gasteiger partial charge in [0, 0.05) is 37.2 Å². The highest BCUT2D eigenvalue weighted by atomic mass is 16.5. The van der Waals surface area contributed by atoms with Gasteiger partial charge in [0.2, 0.25) is 5.82 Å². The van der Waals surface area contributed by atoms with E-state index in [0.29, 0.717) is 17.6 Å². The molecule has 128 valence electrons. The maximum absolute atomic E-state index is 5.78. The largest absolute Gasteiger partial charge is 0.356 e. The van der Waals surface area contributed by atoms with E-state index in [4.69, 9.17) is 10.3 Å². The van der Waals surface area contributed by atoms with Crippen molar-refractivity contribution in [2.45, 2.75) is 12.8 Å². The molecule has 0 spiro atoms. The van der Waals surface area contributed by atoms with Gasteiger partial charge in [0.05, 0.1) is 0 Å². The molecule has 25 heavy (non-hydrogen) atoms. The lowest BCUT2D eigenvalue weighted by Crippen LogP contribution is -2.36. The molecule has 1 fully saturated rings. The van der Waals surface area contributed by atoms with Gasteiger partial charge in [-0.05, 0) is 37.4 Å². The SMILES string of the molecule is NCC1CCN(c2ncncc2-c2nc(-c3ccncc3)no2)CC1. The molecule has 0 bridgehead atoms. The Morgan fingerprint density at radius 2 is 1.96 bits per heavy atom. The predicted octanol–water partition coefficient (Wildman–Crippen LogP) is 1.76. The van der Waals surface area contributed by atoms with Crippen LogP contribution in [0.4, 0.5) is 5.82 Å². The molecule has 4 rings (SSSR count). The zero-order chi connectivity index (χ0) is 17.1. The number of aromatic nitrogens is 5. The quantitative estimate of drug-likeness (QED) is 0.767. The number of hydrogen-bond donors (Lipinski definition) is 1. The van der Waals surface area contributed by atoms with Gasteiger partial charge < -0.3 is 15.2 Å². The summed E-state index contributed by atoms with van der Waals surface area (Å²) in [6.07, 6.45) is 8.79. The van der Waals surface area contributed by atoms with E-state index in [9.17, 15) is 0 Å². The number of piperidine rings is 1. The topological polar surface area (TPSA) is 107 Å². The Hall–Kier alpha value is -2.87. The fourth-order valence-electron chi connectivity index (χ4n) is 3.06. The van der Waals surface area contributed by atoms with Gasteiger partial charge in [0.15, 0.2) is 0 Å². The van der Waals surface area contributed by atoms with Gasteiger partial charge in [-0.2, -0.15) is 4.98 Å². The summed E-state index contributed by atoms with van der Waals surface area (Å²) in [5.74, 6) is 2.36. The van der Waals surface area contributed by atoms with Crippen LogP contribution in [0.3, 0.4) is 0 Å². The molecule has 1 aliphatic heterocycles. The molecule has 0 atom stereocenters. The smallest absolute Gasteiger partial charge is 0.263 e. The minimum Gasteiger partial charge on any atom is -0.356 e. The first-order chi connectivity index (χ1) is 12.3. The summed E-state index contributed by atoms with van der Waals surface area (Å²) in [5.41, 5.74) is 7.39. The highest BCUT2D eigenvalue weighted by molar-refractivity contribution is 5.70. The Balaban J connectivity index is 1.63. The Kier molecular flexibility index (Phi) is 4.34. The first kappa shape index (κ1) is 15.6. The predicted molar refractivity (Wildman–Crippen MR) is 92.5 cm³/mol. The van der Waals surface area contributed by atoms with Crippen LogP contribution in [0.15, 0.2) is 41.6 Å². The second-order valence-corrected chi connectivity index (χ2v) is 6.09. The summed E-state index contributed by atoms with van der Waals surface area (Å²) in [6.45, 7) is 2.57. The van der Waals surface area contributed by atoms with Crippen LogP contribution in [0.25, 0.3) is 22.8 Å². The fourth-order valence-corrected chi connectivity index (χ4v) is 3.06. The zero-order valence-electron chi connectivity index (χ0n) is 13.7. The van der Waals surface area contributed by atoms with Crippen molar-refractivity contribution in [3.63, 3.8) is 0 Å². The molecule has 4 heterocycles. The van der Waals surface area contributed by atoms with E-state index in [-0.39, 0.29) is 0 Å². The van der Waals surface area contributed by atoms with Gasteiger partial charge in [-0.3, -0.25) is 4.98 Å². The fraction of sp³-hybridized carbons (Fsp3) is 0.353. The maximum atomic E-state index is 5.78. The van der Waals surface area contributed by atoms with Crippen LogP contribution in [0, 0.1) is 5.92 Å². The monoisotopic (exact) mass is 337 g/mol. The van der Waals surface area contributed by atoms with Crippen molar-refractivity contribution in [1.29, 1.82) is 0 Å². The molecule has 3 aromatic rings. The lowest BCUT2D eigenvalue weighted by molar-refractivity contribution is 0.411. The molecular formula is C17H19N7O. The van der Waals surface area contributed by atoms with Crippen LogP contribution in [0.1, 0.15) is 12.8 Å². The number of anilines is 1. The molecule has 2 N–H and O–H groups in total. The molecule has 3 aromatic heterocycles. The molecule has 0 unspecified atom stereocenters. The van der Waals surface area contributed by atoms with Crippen molar-refractivity contribution in [2.24, 2.45) is 11.7 Å². The van der Waals surface area contributed by atoms with E-state index in [2.05, 4.69) is 30.0 Å². The number of rotatable bonds is 4. The average Bonchev–Trinajstić information content (AvgIpc) is 3.19. The molecular weight excluding hydrogens is 318 g/mol. The van der Waals surface area contributed by atoms with E-state index >= 15 is 0 Å². The van der Waals surface area contributed by atoms with Crippen LogP contribution in [-0.2, 0) is 0 Å². The molecule has 8 heteroatoms. The third kappa shape index (κ3) is 3.20. The molecule has 0 aliphatic carbocycles. The summed E-state index contributed by atoms with van der Waals surface area (Å²) in [4.78, 5) is 19.3. The number of hydrogen-bond acceptors (Lipinski definition) is 8. The van der Waals surface area contributed by atoms with Crippen molar-refractivity contribution < 1.29 is 4.52 Å². The minimum absolute atomic E-state index is 0.420. The maximum Gasteiger partial charge on any atom is 0.263 e. The summed E-state index contributed by atoms with van der Waals surface area (Å²) < 4.78 is 5.47. The molecule has 0 saturated carbocycles. The Morgan fingerprint density at radius 3 is 2.72 bits per heavy atom. The third-order valence-electron chi connectivity index (χ3n) is 4.53. The van der Waals surface area contributed by atoms with E-state index in [1.165, 1.54) is 0 Å². The highest BCUT2D eigenvalue weighted by Gasteiger charge is 2.24. The lowest BCUT2D eigenvalue weighted by atomic mass is 9.97. The van der Waals surface area contributed by atoms with E-state index in [0.717, 1.165) is 49.4 Å². The first-order valence-electron chi connectivity index (χ1n) is 8.34. The van der Waals surface area contributed by atoms with E-state index < -0.39 is 0 Å². The van der Waals surface area contributed by atoms with Gasteiger partial charge in [0.25, 0.3) is 5.89 Å². The molecule has 0 radical (unpaired) electrons. The van der Waals surface area contributed by atoms with Gasteiger partial charge >= 0.3 is 0 Å². The average molecular weight is 337 g/mol. The van der Waals surface area contributed by atoms with Gasteiger partial charge in [-0.25, -0.2) is 9.97 Å². The number of nitrogens with two attached hydrogens (primary N) is 1.